The van der Waals surface area contributed by atoms with Crippen molar-refractivity contribution >= 4 is 33.8 Å². The van der Waals surface area contributed by atoms with E-state index in [-0.39, 0.29) is 5.91 Å². The van der Waals surface area contributed by atoms with E-state index in [1.165, 1.54) is 11.3 Å². The van der Waals surface area contributed by atoms with Gasteiger partial charge in [0.05, 0.1) is 7.11 Å². The molecule has 2 N–H and O–H groups in total. The first kappa shape index (κ1) is 19.7. The summed E-state index contributed by atoms with van der Waals surface area (Å²) in [5.41, 5.74) is 3.60. The smallest absolute Gasteiger partial charge is 0.270 e. The Morgan fingerprint density at radius 1 is 1.18 bits per heavy atom. The first-order valence-electron chi connectivity index (χ1n) is 8.96. The van der Waals surface area contributed by atoms with Crippen molar-refractivity contribution in [3.8, 4) is 5.75 Å². The molecule has 0 fully saturated rings. The second-order valence-electron chi connectivity index (χ2n) is 6.46. The molecule has 1 amide bonds. The van der Waals surface area contributed by atoms with Gasteiger partial charge in [0, 0.05) is 37.4 Å². The summed E-state index contributed by atoms with van der Waals surface area (Å²) in [5.74, 6) is 0.659. The summed E-state index contributed by atoms with van der Waals surface area (Å²) in [5, 5.41) is 8.63. The van der Waals surface area contributed by atoms with Crippen LogP contribution < -0.4 is 20.3 Å². The number of thiazole rings is 1. The molecule has 2 aromatic carbocycles. The Kier molecular flexibility index (Phi) is 6.49. The molecule has 1 heterocycles. The lowest BCUT2D eigenvalue weighted by molar-refractivity contribution is 0.0950. The van der Waals surface area contributed by atoms with Crippen LogP contribution in [0, 0.1) is 0 Å². The predicted octanol–water partition coefficient (Wildman–Crippen LogP) is 3.93. The molecule has 0 bridgehead atoms. The molecule has 0 radical (unpaired) electrons. The minimum absolute atomic E-state index is 0.167. The van der Waals surface area contributed by atoms with E-state index in [2.05, 4.69) is 15.6 Å². The second kappa shape index (κ2) is 9.23. The SMILES string of the molecule is COc1ccc(CCNC(=O)c2csc(Nc3cccc(N(C)C)c3)n2)cc1. The lowest BCUT2D eigenvalue weighted by Crippen LogP contribution is -2.25. The Morgan fingerprint density at radius 2 is 1.96 bits per heavy atom. The van der Waals surface area contributed by atoms with Crippen molar-refractivity contribution in [2.75, 3.05) is 38.0 Å². The van der Waals surface area contributed by atoms with E-state index >= 15 is 0 Å². The molecule has 0 saturated heterocycles. The minimum atomic E-state index is -0.167. The number of methoxy groups -OCH3 is 1. The van der Waals surface area contributed by atoms with Crippen molar-refractivity contribution in [3.05, 3.63) is 65.2 Å². The molecule has 28 heavy (non-hydrogen) atoms. The van der Waals surface area contributed by atoms with Gasteiger partial charge in [0.15, 0.2) is 5.13 Å². The van der Waals surface area contributed by atoms with Gasteiger partial charge in [0.2, 0.25) is 0 Å². The monoisotopic (exact) mass is 396 g/mol. The lowest BCUT2D eigenvalue weighted by atomic mass is 10.1. The number of rotatable bonds is 8. The average Bonchev–Trinajstić information content (AvgIpc) is 3.17. The van der Waals surface area contributed by atoms with Crippen LogP contribution in [0.2, 0.25) is 0 Å². The molecule has 6 nitrogen and oxygen atoms in total. The Bertz CT molecular complexity index is 922. The van der Waals surface area contributed by atoms with Crippen molar-refractivity contribution in [3.63, 3.8) is 0 Å². The van der Waals surface area contributed by atoms with E-state index in [1.807, 2.05) is 67.5 Å². The highest BCUT2D eigenvalue weighted by Gasteiger charge is 2.11. The Morgan fingerprint density at radius 3 is 2.68 bits per heavy atom. The fourth-order valence-electron chi connectivity index (χ4n) is 2.62. The van der Waals surface area contributed by atoms with E-state index in [0.717, 1.165) is 29.1 Å². The van der Waals surface area contributed by atoms with Crippen LogP contribution in [0.4, 0.5) is 16.5 Å². The summed E-state index contributed by atoms with van der Waals surface area (Å²) in [7, 11) is 5.64. The number of carbonyl (C=O) groups is 1. The van der Waals surface area contributed by atoms with Gasteiger partial charge in [-0.05, 0) is 42.3 Å². The number of anilines is 3. The number of aromatic nitrogens is 1. The van der Waals surface area contributed by atoms with Crippen molar-refractivity contribution in [2.24, 2.45) is 0 Å². The maximum absolute atomic E-state index is 12.3. The second-order valence-corrected chi connectivity index (χ2v) is 7.32. The quantitative estimate of drug-likeness (QED) is 0.604. The number of hydrogen-bond acceptors (Lipinski definition) is 6. The summed E-state index contributed by atoms with van der Waals surface area (Å²) in [4.78, 5) is 18.8. The van der Waals surface area contributed by atoms with Gasteiger partial charge in [-0.15, -0.1) is 11.3 Å². The van der Waals surface area contributed by atoms with Gasteiger partial charge in [0.25, 0.3) is 5.91 Å². The zero-order valence-electron chi connectivity index (χ0n) is 16.2. The molecule has 0 saturated carbocycles. The van der Waals surface area contributed by atoms with Crippen LogP contribution in [0.3, 0.4) is 0 Å². The Balaban J connectivity index is 1.52. The third-order valence-electron chi connectivity index (χ3n) is 4.21. The molecule has 0 unspecified atom stereocenters. The molecule has 7 heteroatoms. The van der Waals surface area contributed by atoms with Crippen molar-refractivity contribution in [2.45, 2.75) is 6.42 Å². The van der Waals surface area contributed by atoms with Gasteiger partial charge >= 0.3 is 0 Å². The average molecular weight is 397 g/mol. The van der Waals surface area contributed by atoms with Gasteiger partial charge in [-0.25, -0.2) is 4.98 Å². The van der Waals surface area contributed by atoms with Crippen molar-refractivity contribution in [1.29, 1.82) is 0 Å². The normalized spacial score (nSPS) is 10.4. The van der Waals surface area contributed by atoms with Gasteiger partial charge < -0.3 is 20.3 Å². The van der Waals surface area contributed by atoms with Crippen molar-refractivity contribution in [1.82, 2.24) is 10.3 Å². The summed E-state index contributed by atoms with van der Waals surface area (Å²) >= 11 is 1.41. The standard InChI is InChI=1S/C21H24N4O2S/c1-25(2)17-6-4-5-16(13-17)23-21-24-19(14-28-21)20(26)22-12-11-15-7-9-18(27-3)10-8-15/h4-10,13-14H,11-12H2,1-3H3,(H,22,26)(H,23,24). The lowest BCUT2D eigenvalue weighted by Gasteiger charge is -2.13. The van der Waals surface area contributed by atoms with Crippen LogP contribution in [-0.2, 0) is 6.42 Å². The predicted molar refractivity (Wildman–Crippen MR) is 115 cm³/mol. The maximum atomic E-state index is 12.3. The van der Waals surface area contributed by atoms with Crippen LogP contribution in [0.5, 0.6) is 5.75 Å². The summed E-state index contributed by atoms with van der Waals surface area (Å²) in [6.45, 7) is 0.552. The molecular formula is C21H24N4O2S. The number of nitrogens with one attached hydrogen (secondary N) is 2. The van der Waals surface area contributed by atoms with E-state index in [9.17, 15) is 4.79 Å². The topological polar surface area (TPSA) is 66.5 Å². The first-order valence-corrected chi connectivity index (χ1v) is 9.84. The molecular weight excluding hydrogens is 372 g/mol. The highest BCUT2D eigenvalue weighted by molar-refractivity contribution is 7.14. The minimum Gasteiger partial charge on any atom is -0.497 e. The van der Waals surface area contributed by atoms with Gasteiger partial charge in [-0.2, -0.15) is 0 Å². The maximum Gasteiger partial charge on any atom is 0.270 e. The zero-order chi connectivity index (χ0) is 19.9. The molecule has 0 aliphatic rings. The summed E-state index contributed by atoms with van der Waals surface area (Å²) in [6, 6.07) is 15.9. The van der Waals surface area contributed by atoms with Crippen LogP contribution >= 0.6 is 11.3 Å². The van der Waals surface area contributed by atoms with Crippen LogP contribution in [0.15, 0.2) is 53.9 Å². The highest BCUT2D eigenvalue weighted by Crippen LogP contribution is 2.24. The molecule has 3 rings (SSSR count). The van der Waals surface area contributed by atoms with Gasteiger partial charge in [0.1, 0.15) is 11.4 Å². The van der Waals surface area contributed by atoms with E-state index < -0.39 is 0 Å². The molecule has 3 aromatic rings. The Hall–Kier alpha value is -3.06. The molecule has 0 aliphatic heterocycles. The molecule has 0 aliphatic carbocycles. The molecule has 0 spiro atoms. The fraction of sp³-hybridized carbons (Fsp3) is 0.238. The number of ether oxygens (including phenoxy) is 1. The number of benzene rings is 2. The molecule has 146 valence electrons. The zero-order valence-corrected chi connectivity index (χ0v) is 17.0. The van der Waals surface area contributed by atoms with Gasteiger partial charge in [-0.3, -0.25) is 4.79 Å². The first-order chi connectivity index (χ1) is 13.5. The third kappa shape index (κ3) is 5.23. The van der Waals surface area contributed by atoms with Crippen LogP contribution in [0.25, 0.3) is 0 Å². The number of amides is 1. The molecule has 1 aromatic heterocycles. The number of nitrogens with zero attached hydrogens (tertiary/aromatic N) is 2. The number of hydrogen-bond donors (Lipinski definition) is 2. The van der Waals surface area contributed by atoms with E-state index in [0.29, 0.717) is 17.4 Å². The van der Waals surface area contributed by atoms with Crippen molar-refractivity contribution < 1.29 is 9.53 Å². The third-order valence-corrected chi connectivity index (χ3v) is 4.97. The fourth-order valence-corrected chi connectivity index (χ4v) is 3.33. The highest BCUT2D eigenvalue weighted by atomic mass is 32.1. The van der Waals surface area contributed by atoms with Gasteiger partial charge in [-0.1, -0.05) is 18.2 Å². The number of carbonyl (C=O) groups excluding carboxylic acids is 1. The van der Waals surface area contributed by atoms with E-state index in [4.69, 9.17) is 4.74 Å². The summed E-state index contributed by atoms with van der Waals surface area (Å²) < 4.78 is 5.15. The molecule has 0 atom stereocenters. The van der Waals surface area contributed by atoms with E-state index in [1.54, 1.807) is 12.5 Å². The van der Waals surface area contributed by atoms with Crippen LogP contribution in [0.1, 0.15) is 16.1 Å². The van der Waals surface area contributed by atoms with Crippen LogP contribution in [-0.4, -0.2) is 38.6 Å². The summed E-state index contributed by atoms with van der Waals surface area (Å²) in [6.07, 6.45) is 0.752. The Labute approximate surface area is 169 Å². The largest absolute Gasteiger partial charge is 0.497 e.